The fraction of sp³-hybridized carbons (Fsp3) is 0.769. The summed E-state index contributed by atoms with van der Waals surface area (Å²) in [4.78, 5) is 2.51. The van der Waals surface area contributed by atoms with Gasteiger partial charge < -0.3 is 0 Å². The van der Waals surface area contributed by atoms with Crippen LogP contribution in [0.15, 0.2) is 6.07 Å². The molecule has 0 bridgehead atoms. The van der Waals surface area contributed by atoms with Crippen LogP contribution in [0.4, 0.5) is 0 Å². The van der Waals surface area contributed by atoms with Crippen molar-refractivity contribution >= 4 is 11.6 Å². The highest BCUT2D eigenvalue weighted by Crippen LogP contribution is 2.20. The molecule has 2 rings (SSSR count). The maximum absolute atomic E-state index is 5.90. The van der Waals surface area contributed by atoms with E-state index >= 15 is 0 Å². The first-order chi connectivity index (χ1) is 8.22. The predicted molar refractivity (Wildman–Crippen MR) is 71.3 cm³/mol. The van der Waals surface area contributed by atoms with Gasteiger partial charge in [-0.2, -0.15) is 5.10 Å². The van der Waals surface area contributed by atoms with Crippen LogP contribution in [-0.2, 0) is 20.0 Å². The van der Waals surface area contributed by atoms with Crippen molar-refractivity contribution in [1.29, 1.82) is 0 Å². The zero-order valence-electron chi connectivity index (χ0n) is 10.8. The smallest absolute Gasteiger partial charge is 0.0625 e. The number of aromatic nitrogens is 2. The molecule has 0 aliphatic carbocycles. The van der Waals surface area contributed by atoms with Crippen molar-refractivity contribution in [2.24, 2.45) is 13.0 Å². The third kappa shape index (κ3) is 3.23. The topological polar surface area (TPSA) is 21.1 Å². The van der Waals surface area contributed by atoms with E-state index in [0.29, 0.717) is 0 Å². The van der Waals surface area contributed by atoms with Gasteiger partial charge in [-0.25, -0.2) is 0 Å². The number of aryl methyl sites for hydroxylation is 2. The van der Waals surface area contributed by atoms with Gasteiger partial charge in [-0.3, -0.25) is 9.58 Å². The fourth-order valence-electron chi connectivity index (χ4n) is 2.42. The molecular formula is C13H22ClN3. The average Bonchev–Trinajstić information content (AvgIpc) is 2.71. The van der Waals surface area contributed by atoms with Crippen LogP contribution in [0.3, 0.4) is 0 Å². The summed E-state index contributed by atoms with van der Waals surface area (Å²) in [6.07, 6.45) is 3.49. The molecule has 0 saturated carbocycles. The standard InChI is InChI=1S/C13H22ClN3/c1-3-12-8-13(16(2)15-12)10-17-6-4-11(9-14)5-7-17/h8,11H,3-7,9-10H2,1-2H3. The summed E-state index contributed by atoms with van der Waals surface area (Å²) < 4.78 is 2.02. The van der Waals surface area contributed by atoms with E-state index in [1.807, 2.05) is 11.7 Å². The predicted octanol–water partition coefficient (Wildman–Crippen LogP) is 2.43. The molecule has 0 amide bonds. The minimum atomic E-state index is 0.727. The fourth-order valence-corrected chi connectivity index (χ4v) is 2.73. The maximum atomic E-state index is 5.90. The summed E-state index contributed by atoms with van der Waals surface area (Å²) in [5.41, 5.74) is 2.52. The third-order valence-electron chi connectivity index (χ3n) is 3.70. The van der Waals surface area contributed by atoms with Crippen LogP contribution in [-0.4, -0.2) is 33.6 Å². The van der Waals surface area contributed by atoms with Crippen molar-refractivity contribution in [2.75, 3.05) is 19.0 Å². The Bertz CT molecular complexity index is 354. The number of hydrogen-bond acceptors (Lipinski definition) is 2. The van der Waals surface area contributed by atoms with Gasteiger partial charge >= 0.3 is 0 Å². The zero-order chi connectivity index (χ0) is 12.3. The summed E-state index contributed by atoms with van der Waals surface area (Å²) in [5.74, 6) is 1.55. The molecule has 96 valence electrons. The molecule has 0 spiro atoms. The van der Waals surface area contributed by atoms with Gasteiger partial charge in [0.1, 0.15) is 0 Å². The molecule has 1 aliphatic rings. The second kappa shape index (κ2) is 5.87. The van der Waals surface area contributed by atoms with E-state index in [1.165, 1.54) is 37.3 Å². The number of likely N-dealkylation sites (tertiary alicyclic amines) is 1. The average molecular weight is 256 g/mol. The van der Waals surface area contributed by atoms with Crippen molar-refractivity contribution in [3.05, 3.63) is 17.5 Å². The summed E-state index contributed by atoms with van der Waals surface area (Å²) in [7, 11) is 2.04. The molecule has 3 nitrogen and oxygen atoms in total. The van der Waals surface area contributed by atoms with Gasteiger partial charge in [0.15, 0.2) is 0 Å². The number of alkyl halides is 1. The number of nitrogens with zero attached hydrogens (tertiary/aromatic N) is 3. The number of piperidine rings is 1. The number of halogens is 1. The molecule has 2 heterocycles. The van der Waals surface area contributed by atoms with Gasteiger partial charge in [0.2, 0.25) is 0 Å². The molecule has 0 N–H and O–H groups in total. The Balaban J connectivity index is 1.90. The lowest BCUT2D eigenvalue weighted by Gasteiger charge is -2.30. The first-order valence-corrected chi connectivity index (χ1v) is 7.06. The Morgan fingerprint density at radius 1 is 1.41 bits per heavy atom. The van der Waals surface area contributed by atoms with E-state index in [2.05, 4.69) is 23.0 Å². The lowest BCUT2D eigenvalue weighted by molar-refractivity contribution is 0.182. The summed E-state index contributed by atoms with van der Waals surface area (Å²) in [6.45, 7) is 5.52. The Labute approximate surface area is 109 Å². The molecule has 4 heteroatoms. The first kappa shape index (κ1) is 12.9. The summed E-state index contributed by atoms with van der Waals surface area (Å²) >= 11 is 5.90. The van der Waals surface area contributed by atoms with Crippen LogP contribution in [0.1, 0.15) is 31.2 Å². The molecule has 1 aromatic rings. The molecule has 0 unspecified atom stereocenters. The highest BCUT2D eigenvalue weighted by molar-refractivity contribution is 6.18. The Hall–Kier alpha value is -0.540. The number of hydrogen-bond donors (Lipinski definition) is 0. The summed E-state index contributed by atoms with van der Waals surface area (Å²) in [6, 6.07) is 2.23. The van der Waals surface area contributed by atoms with E-state index in [4.69, 9.17) is 11.6 Å². The van der Waals surface area contributed by atoms with Crippen molar-refractivity contribution in [1.82, 2.24) is 14.7 Å². The van der Waals surface area contributed by atoms with Crippen LogP contribution in [0.2, 0.25) is 0 Å². The lowest BCUT2D eigenvalue weighted by Crippen LogP contribution is -2.34. The highest BCUT2D eigenvalue weighted by atomic mass is 35.5. The summed E-state index contributed by atoms with van der Waals surface area (Å²) in [5, 5.41) is 4.49. The molecule has 0 radical (unpaired) electrons. The first-order valence-electron chi connectivity index (χ1n) is 6.53. The normalized spacial score (nSPS) is 18.8. The third-order valence-corrected chi connectivity index (χ3v) is 4.14. The lowest BCUT2D eigenvalue weighted by atomic mass is 9.99. The molecule has 1 aliphatic heterocycles. The molecule has 1 saturated heterocycles. The molecular weight excluding hydrogens is 234 g/mol. The van der Waals surface area contributed by atoms with Gasteiger partial charge in [-0.1, -0.05) is 6.92 Å². The van der Waals surface area contributed by atoms with Crippen LogP contribution in [0, 0.1) is 5.92 Å². The number of rotatable bonds is 4. The molecule has 0 atom stereocenters. The van der Waals surface area contributed by atoms with Crippen LogP contribution >= 0.6 is 11.6 Å². The van der Waals surface area contributed by atoms with Crippen molar-refractivity contribution < 1.29 is 0 Å². The van der Waals surface area contributed by atoms with Gasteiger partial charge in [0, 0.05) is 19.5 Å². The van der Waals surface area contributed by atoms with Crippen molar-refractivity contribution in [3.8, 4) is 0 Å². The minimum absolute atomic E-state index is 0.727. The SMILES string of the molecule is CCc1cc(CN2CCC(CCl)CC2)n(C)n1. The van der Waals surface area contributed by atoms with E-state index in [9.17, 15) is 0 Å². The highest BCUT2D eigenvalue weighted by Gasteiger charge is 2.19. The molecule has 1 aromatic heterocycles. The Morgan fingerprint density at radius 2 is 2.12 bits per heavy atom. The van der Waals surface area contributed by atoms with Gasteiger partial charge in [-0.15, -0.1) is 11.6 Å². The monoisotopic (exact) mass is 255 g/mol. The quantitative estimate of drug-likeness (QED) is 0.771. The van der Waals surface area contributed by atoms with Gasteiger partial charge in [0.25, 0.3) is 0 Å². The molecule has 1 fully saturated rings. The van der Waals surface area contributed by atoms with E-state index < -0.39 is 0 Å². The van der Waals surface area contributed by atoms with Crippen LogP contribution in [0.25, 0.3) is 0 Å². The van der Waals surface area contributed by atoms with E-state index in [0.717, 1.165) is 24.8 Å². The Morgan fingerprint density at radius 3 is 2.65 bits per heavy atom. The van der Waals surface area contributed by atoms with Gasteiger partial charge in [0.05, 0.1) is 11.4 Å². The van der Waals surface area contributed by atoms with Crippen LogP contribution < -0.4 is 0 Å². The molecule has 17 heavy (non-hydrogen) atoms. The Kier molecular flexibility index (Phi) is 4.46. The van der Waals surface area contributed by atoms with Crippen LogP contribution in [0.5, 0.6) is 0 Å². The maximum Gasteiger partial charge on any atom is 0.0625 e. The van der Waals surface area contributed by atoms with Gasteiger partial charge in [-0.05, 0) is 44.3 Å². The molecule has 0 aromatic carbocycles. The largest absolute Gasteiger partial charge is 0.298 e. The van der Waals surface area contributed by atoms with E-state index in [-0.39, 0.29) is 0 Å². The minimum Gasteiger partial charge on any atom is -0.298 e. The van der Waals surface area contributed by atoms with Crippen molar-refractivity contribution in [2.45, 2.75) is 32.7 Å². The second-order valence-corrected chi connectivity index (χ2v) is 5.29. The zero-order valence-corrected chi connectivity index (χ0v) is 11.6. The second-order valence-electron chi connectivity index (χ2n) is 4.98. The van der Waals surface area contributed by atoms with E-state index in [1.54, 1.807) is 0 Å². The van der Waals surface area contributed by atoms with Crippen molar-refractivity contribution in [3.63, 3.8) is 0 Å².